The highest BCUT2D eigenvalue weighted by Gasteiger charge is 2.47. The van der Waals surface area contributed by atoms with Crippen molar-refractivity contribution in [2.45, 2.75) is 49.5 Å². The molecule has 2 saturated heterocycles. The van der Waals surface area contributed by atoms with Gasteiger partial charge in [-0.1, -0.05) is 60.7 Å². The van der Waals surface area contributed by atoms with Crippen molar-refractivity contribution in [2.75, 3.05) is 0 Å². The van der Waals surface area contributed by atoms with E-state index in [9.17, 15) is 19.8 Å². The number of rotatable bonds is 4. The van der Waals surface area contributed by atoms with E-state index in [2.05, 4.69) is 0 Å². The van der Waals surface area contributed by atoms with E-state index in [-0.39, 0.29) is 12.1 Å². The maximum atomic E-state index is 13.2. The van der Waals surface area contributed by atoms with Crippen LogP contribution in [0.25, 0.3) is 0 Å². The SMILES string of the molecule is O=C(O)N1[C@@H]2CC[C@H]1CC(OC(=O)C(O)(c1ccccc1)c1ccccc1)C2. The molecule has 28 heavy (non-hydrogen) atoms. The van der Waals surface area contributed by atoms with Crippen LogP contribution in [-0.2, 0) is 15.1 Å². The van der Waals surface area contributed by atoms with E-state index in [1.54, 1.807) is 48.5 Å². The minimum absolute atomic E-state index is 0.129. The number of carbonyl (C=O) groups excluding carboxylic acids is 1. The Kier molecular flexibility index (Phi) is 4.81. The molecule has 2 fully saturated rings. The van der Waals surface area contributed by atoms with Crippen molar-refractivity contribution in [3.05, 3.63) is 71.8 Å². The fourth-order valence-electron chi connectivity index (χ4n) is 4.53. The molecular formula is C22H23NO5. The lowest BCUT2D eigenvalue weighted by Crippen LogP contribution is -2.49. The summed E-state index contributed by atoms with van der Waals surface area (Å²) in [5, 5.41) is 20.9. The summed E-state index contributed by atoms with van der Waals surface area (Å²) in [6.45, 7) is 0. The van der Waals surface area contributed by atoms with Gasteiger partial charge < -0.3 is 19.8 Å². The third kappa shape index (κ3) is 3.14. The maximum Gasteiger partial charge on any atom is 0.407 e. The molecule has 1 unspecified atom stereocenters. The zero-order valence-corrected chi connectivity index (χ0v) is 15.4. The molecule has 0 saturated carbocycles. The lowest BCUT2D eigenvalue weighted by atomic mass is 9.86. The molecule has 6 heteroatoms. The highest BCUT2D eigenvalue weighted by molar-refractivity contribution is 5.85. The molecule has 0 aliphatic carbocycles. The molecule has 1 amide bonds. The summed E-state index contributed by atoms with van der Waals surface area (Å²) in [4.78, 5) is 26.1. The van der Waals surface area contributed by atoms with Crippen LogP contribution in [0, 0.1) is 0 Å². The van der Waals surface area contributed by atoms with Crippen LogP contribution < -0.4 is 0 Å². The van der Waals surface area contributed by atoms with E-state index in [0.717, 1.165) is 12.8 Å². The Morgan fingerprint density at radius 1 is 0.893 bits per heavy atom. The minimum Gasteiger partial charge on any atom is -0.465 e. The molecular weight excluding hydrogens is 358 g/mol. The first kappa shape index (κ1) is 18.5. The predicted octanol–water partition coefficient (Wildman–Crippen LogP) is 3.14. The van der Waals surface area contributed by atoms with E-state index < -0.39 is 23.8 Å². The van der Waals surface area contributed by atoms with E-state index in [1.807, 2.05) is 12.1 Å². The van der Waals surface area contributed by atoms with Crippen LogP contribution in [-0.4, -0.2) is 45.4 Å². The van der Waals surface area contributed by atoms with Gasteiger partial charge in [-0.25, -0.2) is 9.59 Å². The van der Waals surface area contributed by atoms with Gasteiger partial charge in [-0.3, -0.25) is 0 Å². The lowest BCUT2D eigenvalue weighted by Gasteiger charge is -2.38. The van der Waals surface area contributed by atoms with Crippen molar-refractivity contribution < 1.29 is 24.5 Å². The van der Waals surface area contributed by atoms with Crippen LogP contribution in [0.15, 0.2) is 60.7 Å². The van der Waals surface area contributed by atoms with Crippen molar-refractivity contribution in [3.8, 4) is 0 Å². The van der Waals surface area contributed by atoms with Crippen molar-refractivity contribution in [1.82, 2.24) is 4.90 Å². The first-order valence-electron chi connectivity index (χ1n) is 9.56. The second-order valence-corrected chi connectivity index (χ2v) is 7.52. The number of piperidine rings is 1. The van der Waals surface area contributed by atoms with Gasteiger partial charge in [0.15, 0.2) is 0 Å². The molecule has 4 rings (SSSR count). The van der Waals surface area contributed by atoms with E-state index in [0.29, 0.717) is 24.0 Å². The zero-order valence-electron chi connectivity index (χ0n) is 15.4. The zero-order chi connectivity index (χ0) is 19.7. The number of benzene rings is 2. The predicted molar refractivity (Wildman–Crippen MR) is 102 cm³/mol. The summed E-state index contributed by atoms with van der Waals surface area (Å²) in [6.07, 6.45) is 1.18. The summed E-state index contributed by atoms with van der Waals surface area (Å²) in [5.41, 5.74) is -1.03. The molecule has 146 valence electrons. The first-order valence-corrected chi connectivity index (χ1v) is 9.56. The van der Waals surface area contributed by atoms with Gasteiger partial charge in [-0.15, -0.1) is 0 Å². The number of ether oxygens (including phenoxy) is 1. The molecule has 0 aromatic heterocycles. The molecule has 2 aromatic rings. The molecule has 2 bridgehead atoms. The number of aliphatic hydroxyl groups is 1. The van der Waals surface area contributed by atoms with E-state index in [1.165, 1.54) is 4.90 Å². The highest BCUT2D eigenvalue weighted by atomic mass is 16.6. The van der Waals surface area contributed by atoms with Crippen molar-refractivity contribution in [1.29, 1.82) is 0 Å². The molecule has 2 aliphatic heterocycles. The minimum atomic E-state index is -1.91. The topological polar surface area (TPSA) is 87.1 Å². The van der Waals surface area contributed by atoms with Crippen LogP contribution in [0.5, 0.6) is 0 Å². The van der Waals surface area contributed by atoms with Crippen LogP contribution in [0.3, 0.4) is 0 Å². The van der Waals surface area contributed by atoms with Gasteiger partial charge in [0.25, 0.3) is 0 Å². The molecule has 2 aromatic carbocycles. The molecule has 3 atom stereocenters. The standard InChI is InChI=1S/C22H23NO5/c24-20(28-19-13-17-11-12-18(14-19)23(17)21(25)26)22(27,15-7-3-1-4-8-15)16-9-5-2-6-10-16/h1-10,17-19,27H,11-14H2,(H,25,26)/t17-,18+,19?. The van der Waals surface area contributed by atoms with E-state index >= 15 is 0 Å². The summed E-state index contributed by atoms with van der Waals surface area (Å²) in [5.74, 6) is -0.724. The fraction of sp³-hybridized carbons (Fsp3) is 0.364. The van der Waals surface area contributed by atoms with Crippen molar-refractivity contribution in [2.24, 2.45) is 0 Å². The Morgan fingerprint density at radius 2 is 1.36 bits per heavy atom. The largest absolute Gasteiger partial charge is 0.465 e. The second-order valence-electron chi connectivity index (χ2n) is 7.52. The van der Waals surface area contributed by atoms with Gasteiger partial charge >= 0.3 is 12.1 Å². The summed E-state index contributed by atoms with van der Waals surface area (Å²) in [7, 11) is 0. The number of amides is 1. The average Bonchev–Trinajstić information content (AvgIpc) is 3.00. The monoisotopic (exact) mass is 381 g/mol. The number of hydrogen-bond acceptors (Lipinski definition) is 4. The number of nitrogens with zero attached hydrogens (tertiary/aromatic N) is 1. The summed E-state index contributed by atoms with van der Waals surface area (Å²) >= 11 is 0. The Bertz CT molecular complexity index is 800. The van der Waals surface area contributed by atoms with Crippen molar-refractivity contribution in [3.63, 3.8) is 0 Å². The average molecular weight is 381 g/mol. The van der Waals surface area contributed by atoms with Gasteiger partial charge in [0, 0.05) is 24.9 Å². The Labute approximate surface area is 163 Å². The third-order valence-electron chi connectivity index (χ3n) is 5.86. The number of carbonyl (C=O) groups is 2. The molecule has 0 radical (unpaired) electrons. The van der Waals surface area contributed by atoms with E-state index in [4.69, 9.17) is 4.74 Å². The highest BCUT2D eigenvalue weighted by Crippen LogP contribution is 2.38. The quantitative estimate of drug-likeness (QED) is 0.795. The van der Waals surface area contributed by atoms with Gasteiger partial charge in [-0.05, 0) is 24.0 Å². The Balaban J connectivity index is 1.59. The Morgan fingerprint density at radius 3 is 1.79 bits per heavy atom. The summed E-state index contributed by atoms with van der Waals surface area (Å²) in [6, 6.07) is 17.2. The summed E-state index contributed by atoms with van der Waals surface area (Å²) < 4.78 is 5.77. The lowest BCUT2D eigenvalue weighted by molar-refractivity contribution is -0.170. The van der Waals surface area contributed by atoms with Crippen LogP contribution in [0.1, 0.15) is 36.8 Å². The molecule has 0 spiro atoms. The number of fused-ring (bicyclic) bond motifs is 2. The normalized spacial score (nSPS) is 24.0. The molecule has 2 heterocycles. The van der Waals surface area contributed by atoms with Gasteiger partial charge in [0.2, 0.25) is 5.60 Å². The number of esters is 1. The number of hydrogen-bond donors (Lipinski definition) is 2. The Hall–Kier alpha value is -2.86. The molecule has 2 aliphatic rings. The number of carboxylic acid groups (broad SMARTS) is 1. The van der Waals surface area contributed by atoms with Crippen LogP contribution in [0.2, 0.25) is 0 Å². The third-order valence-corrected chi connectivity index (χ3v) is 5.86. The van der Waals surface area contributed by atoms with Gasteiger partial charge in [-0.2, -0.15) is 0 Å². The fourth-order valence-corrected chi connectivity index (χ4v) is 4.53. The first-order chi connectivity index (χ1) is 13.5. The van der Waals surface area contributed by atoms with Crippen molar-refractivity contribution >= 4 is 12.1 Å². The molecule has 6 nitrogen and oxygen atoms in total. The van der Waals surface area contributed by atoms with Gasteiger partial charge in [0.1, 0.15) is 6.10 Å². The molecule has 2 N–H and O–H groups in total. The van der Waals surface area contributed by atoms with Gasteiger partial charge in [0.05, 0.1) is 0 Å². The second kappa shape index (κ2) is 7.28. The smallest absolute Gasteiger partial charge is 0.407 e. The van der Waals surface area contributed by atoms with Crippen LogP contribution >= 0.6 is 0 Å². The maximum absolute atomic E-state index is 13.2. The van der Waals surface area contributed by atoms with Crippen LogP contribution in [0.4, 0.5) is 4.79 Å².